The summed E-state index contributed by atoms with van der Waals surface area (Å²) in [6, 6.07) is 10.2. The van der Waals surface area contributed by atoms with Crippen molar-refractivity contribution in [1.29, 1.82) is 0 Å². The van der Waals surface area contributed by atoms with Crippen LogP contribution in [0.3, 0.4) is 0 Å². The number of fused-ring (bicyclic) bond motifs is 1. The van der Waals surface area contributed by atoms with Gasteiger partial charge in [0.1, 0.15) is 9.83 Å². The lowest BCUT2D eigenvalue weighted by Gasteiger charge is -2.31. The molecule has 0 saturated carbocycles. The molecule has 5 rings (SSSR count). The van der Waals surface area contributed by atoms with Crippen LogP contribution < -0.4 is 10.2 Å². The van der Waals surface area contributed by atoms with Crippen molar-refractivity contribution in [3.05, 3.63) is 36.5 Å². The minimum atomic E-state index is 0.0386. The summed E-state index contributed by atoms with van der Waals surface area (Å²) in [5.41, 5.74) is 2.07. The number of carbonyl (C=O) groups is 1. The van der Waals surface area contributed by atoms with E-state index in [2.05, 4.69) is 41.1 Å². The zero-order valence-corrected chi connectivity index (χ0v) is 22.9. The van der Waals surface area contributed by atoms with Crippen LogP contribution in [-0.2, 0) is 9.53 Å². The van der Waals surface area contributed by atoms with Crippen molar-refractivity contribution in [1.82, 2.24) is 14.9 Å². The van der Waals surface area contributed by atoms with Gasteiger partial charge in [-0.15, -0.1) is 0 Å². The first-order valence-corrected chi connectivity index (χ1v) is 14.6. The Kier molecular flexibility index (Phi) is 8.69. The Balaban J connectivity index is 1.24. The molecule has 0 radical (unpaired) electrons. The molecule has 8 heteroatoms. The molecule has 2 aliphatic heterocycles. The molecule has 0 atom stereocenters. The maximum atomic E-state index is 12.6. The van der Waals surface area contributed by atoms with Crippen LogP contribution in [0.1, 0.15) is 46.0 Å². The normalized spacial score (nSPS) is 17.2. The zero-order valence-electron chi connectivity index (χ0n) is 22.1. The maximum absolute atomic E-state index is 12.6. The van der Waals surface area contributed by atoms with Crippen molar-refractivity contribution >= 4 is 38.4 Å². The van der Waals surface area contributed by atoms with Gasteiger partial charge in [-0.1, -0.05) is 55.5 Å². The smallest absolute Gasteiger partial charge is 0.226 e. The largest absolute Gasteiger partial charge is 0.380 e. The summed E-state index contributed by atoms with van der Waals surface area (Å²) >= 11 is 1.54. The van der Waals surface area contributed by atoms with Gasteiger partial charge in [0.15, 0.2) is 0 Å². The van der Waals surface area contributed by atoms with Crippen LogP contribution >= 0.6 is 11.3 Å². The lowest BCUT2D eigenvalue weighted by molar-refractivity contribution is -0.116. The number of likely N-dealkylation sites (tertiary alicyclic amines) is 1. The highest BCUT2D eigenvalue weighted by Gasteiger charge is 2.24. The number of carbonyl (C=O) groups excluding carboxylic acids is 1. The molecule has 2 fully saturated rings. The Morgan fingerprint density at radius 2 is 1.89 bits per heavy atom. The van der Waals surface area contributed by atoms with Crippen molar-refractivity contribution in [2.75, 3.05) is 56.2 Å². The summed E-state index contributed by atoms with van der Waals surface area (Å²) in [5.74, 6) is 1.73. The molecular formula is C29H39N5O2S. The van der Waals surface area contributed by atoms with Crippen LogP contribution in [0, 0.1) is 11.8 Å². The van der Waals surface area contributed by atoms with E-state index in [4.69, 9.17) is 14.7 Å². The lowest BCUT2D eigenvalue weighted by atomic mass is 9.98. The predicted molar refractivity (Wildman–Crippen MR) is 152 cm³/mol. The molecular weight excluding hydrogens is 482 g/mol. The summed E-state index contributed by atoms with van der Waals surface area (Å²) in [4.78, 5) is 28.1. The molecule has 2 aromatic heterocycles. The highest BCUT2D eigenvalue weighted by molar-refractivity contribution is 7.23. The lowest BCUT2D eigenvalue weighted by Crippen LogP contribution is -2.36. The number of benzene rings is 1. The Morgan fingerprint density at radius 3 is 2.62 bits per heavy atom. The number of anilines is 2. The molecule has 0 bridgehead atoms. The molecule has 1 amide bonds. The Labute approximate surface area is 224 Å². The van der Waals surface area contributed by atoms with Crippen molar-refractivity contribution < 1.29 is 9.53 Å². The van der Waals surface area contributed by atoms with Crippen LogP contribution in [0.25, 0.3) is 21.3 Å². The van der Waals surface area contributed by atoms with E-state index in [0.29, 0.717) is 18.3 Å². The minimum absolute atomic E-state index is 0.0386. The van der Waals surface area contributed by atoms with Crippen LogP contribution in [0.15, 0.2) is 36.5 Å². The van der Waals surface area contributed by atoms with Crippen molar-refractivity contribution in [2.45, 2.75) is 46.0 Å². The first kappa shape index (κ1) is 26.1. The topological polar surface area (TPSA) is 70.6 Å². The summed E-state index contributed by atoms with van der Waals surface area (Å²) in [6.07, 6.45) is 7.29. The average Bonchev–Trinajstić information content (AvgIpc) is 3.54. The second-order valence-corrected chi connectivity index (χ2v) is 11.8. The van der Waals surface area contributed by atoms with Crippen molar-refractivity contribution in [3.8, 4) is 11.1 Å². The van der Waals surface area contributed by atoms with E-state index in [1.807, 2.05) is 24.4 Å². The van der Waals surface area contributed by atoms with Crippen LogP contribution in [0.4, 0.5) is 10.9 Å². The maximum Gasteiger partial charge on any atom is 0.226 e. The van der Waals surface area contributed by atoms with Gasteiger partial charge in [-0.2, -0.15) is 0 Å². The van der Waals surface area contributed by atoms with E-state index < -0.39 is 0 Å². The molecule has 0 spiro atoms. The van der Waals surface area contributed by atoms with Gasteiger partial charge in [0.25, 0.3) is 0 Å². The number of ether oxygens (including phenoxy) is 1. The summed E-state index contributed by atoms with van der Waals surface area (Å²) in [5, 5.41) is 5.00. The molecule has 4 heterocycles. The Hall–Kier alpha value is -2.55. The van der Waals surface area contributed by atoms with E-state index >= 15 is 0 Å². The molecule has 2 aliphatic rings. The third-order valence-electron chi connectivity index (χ3n) is 7.35. The number of nitrogens with zero attached hydrogens (tertiary/aromatic N) is 4. The number of amides is 1. The van der Waals surface area contributed by atoms with Gasteiger partial charge in [0.05, 0.1) is 6.61 Å². The Bertz CT molecular complexity index is 1170. The van der Waals surface area contributed by atoms with Gasteiger partial charge in [0.2, 0.25) is 11.9 Å². The van der Waals surface area contributed by atoms with Crippen molar-refractivity contribution in [3.63, 3.8) is 0 Å². The number of hydrogen-bond acceptors (Lipinski definition) is 7. The monoisotopic (exact) mass is 521 g/mol. The fraction of sp³-hybridized carbons (Fsp3) is 0.552. The summed E-state index contributed by atoms with van der Waals surface area (Å²) in [6.45, 7) is 11.2. The third kappa shape index (κ3) is 6.67. The van der Waals surface area contributed by atoms with Crippen LogP contribution in [-0.4, -0.2) is 66.7 Å². The Morgan fingerprint density at radius 1 is 1.14 bits per heavy atom. The van der Waals surface area contributed by atoms with Crippen LogP contribution in [0.2, 0.25) is 0 Å². The van der Waals surface area contributed by atoms with E-state index in [9.17, 15) is 4.79 Å². The number of rotatable bonds is 10. The summed E-state index contributed by atoms with van der Waals surface area (Å²) in [7, 11) is 0. The third-order valence-corrected chi connectivity index (χ3v) is 8.36. The minimum Gasteiger partial charge on any atom is -0.380 e. The quantitative estimate of drug-likeness (QED) is 0.347. The SMILES string of the molecule is CC(C)CC(=O)Nc1sc2nc(N3CCC(COCCN4CCCC4)CC3)ncc2c1-c1ccccc1. The molecule has 1 aromatic carbocycles. The first-order valence-electron chi connectivity index (χ1n) is 13.8. The van der Waals surface area contributed by atoms with Gasteiger partial charge < -0.3 is 19.9 Å². The molecule has 7 nitrogen and oxygen atoms in total. The van der Waals surface area contributed by atoms with E-state index in [0.717, 1.165) is 78.0 Å². The fourth-order valence-electron chi connectivity index (χ4n) is 5.31. The molecule has 2 saturated heterocycles. The number of piperidine rings is 1. The predicted octanol–water partition coefficient (Wildman–Crippen LogP) is 5.67. The fourth-order valence-corrected chi connectivity index (χ4v) is 6.39. The molecule has 198 valence electrons. The van der Waals surface area contributed by atoms with E-state index in [-0.39, 0.29) is 5.91 Å². The van der Waals surface area contributed by atoms with Gasteiger partial charge in [-0.05, 0) is 56.2 Å². The molecule has 0 unspecified atom stereocenters. The van der Waals surface area contributed by atoms with Gasteiger partial charge in [-0.25, -0.2) is 9.97 Å². The average molecular weight is 522 g/mol. The molecule has 0 aliphatic carbocycles. The molecule has 1 N–H and O–H groups in total. The number of aromatic nitrogens is 2. The standard InChI is InChI=1S/C29H39N5O2S/c1-21(2)18-25(35)31-28-26(23-8-4-3-5-9-23)24-19-30-29(32-27(24)37-28)34-14-10-22(11-15-34)20-36-17-16-33-12-6-7-13-33/h3-5,8-9,19,21-22H,6-7,10-18,20H2,1-2H3,(H,31,35). The second kappa shape index (κ2) is 12.3. The van der Waals surface area contributed by atoms with Crippen molar-refractivity contribution in [2.24, 2.45) is 11.8 Å². The van der Waals surface area contributed by atoms with Crippen LogP contribution in [0.5, 0.6) is 0 Å². The highest BCUT2D eigenvalue weighted by Crippen LogP contribution is 2.42. The highest BCUT2D eigenvalue weighted by atomic mass is 32.1. The zero-order chi connectivity index (χ0) is 25.6. The van der Waals surface area contributed by atoms with E-state index in [1.54, 1.807) is 11.3 Å². The molecule has 3 aromatic rings. The second-order valence-electron chi connectivity index (χ2n) is 10.8. The summed E-state index contributed by atoms with van der Waals surface area (Å²) < 4.78 is 6.02. The van der Waals surface area contributed by atoms with Gasteiger partial charge in [-0.3, -0.25) is 4.79 Å². The number of thiophene rings is 1. The van der Waals surface area contributed by atoms with Gasteiger partial charge >= 0.3 is 0 Å². The van der Waals surface area contributed by atoms with E-state index in [1.165, 1.54) is 25.9 Å². The molecule has 37 heavy (non-hydrogen) atoms. The number of nitrogens with one attached hydrogen (secondary N) is 1. The van der Waals surface area contributed by atoms with Gasteiger partial charge in [0, 0.05) is 49.8 Å². The first-order chi connectivity index (χ1) is 18.1. The number of hydrogen-bond donors (Lipinski definition) is 1.